The van der Waals surface area contributed by atoms with Crippen LogP contribution >= 0.6 is 15.9 Å². The standard InChI is InChI=1S/C19H24BrN3O2/c1-18(2,3)25-17(24)23-11-19(12-23)8-13(9-19)10-22-7-6-14-4-5-15(20)21-16(14)22/h4-7,13H,8-12H2,1-3H3. The normalized spacial score (nSPS) is 19.8. The van der Waals surface area contributed by atoms with Crippen LogP contribution in [-0.2, 0) is 11.3 Å². The van der Waals surface area contributed by atoms with E-state index in [1.807, 2.05) is 31.7 Å². The minimum absolute atomic E-state index is 0.174. The molecule has 1 amide bonds. The molecule has 25 heavy (non-hydrogen) atoms. The number of ether oxygens (including phenoxy) is 1. The highest BCUT2D eigenvalue weighted by atomic mass is 79.9. The molecule has 134 valence electrons. The molecule has 2 aliphatic rings. The fourth-order valence-corrected chi connectivity index (χ4v) is 4.53. The molecule has 0 bridgehead atoms. The predicted molar refractivity (Wildman–Crippen MR) is 100 cm³/mol. The highest BCUT2D eigenvalue weighted by molar-refractivity contribution is 9.10. The van der Waals surface area contributed by atoms with Crippen molar-refractivity contribution in [2.24, 2.45) is 11.3 Å². The summed E-state index contributed by atoms with van der Waals surface area (Å²) >= 11 is 3.45. The Morgan fingerprint density at radius 2 is 2.04 bits per heavy atom. The van der Waals surface area contributed by atoms with Gasteiger partial charge in [0.1, 0.15) is 15.9 Å². The molecule has 0 radical (unpaired) electrons. The molecule has 0 aromatic carbocycles. The summed E-state index contributed by atoms with van der Waals surface area (Å²) in [7, 11) is 0. The van der Waals surface area contributed by atoms with Gasteiger partial charge in [-0.2, -0.15) is 0 Å². The minimum Gasteiger partial charge on any atom is -0.444 e. The third kappa shape index (κ3) is 3.28. The number of pyridine rings is 1. The van der Waals surface area contributed by atoms with E-state index >= 15 is 0 Å². The van der Waals surface area contributed by atoms with Gasteiger partial charge in [-0.25, -0.2) is 9.78 Å². The van der Waals surface area contributed by atoms with E-state index in [4.69, 9.17) is 4.74 Å². The predicted octanol–water partition coefficient (Wildman–Crippen LogP) is 4.45. The molecule has 1 saturated carbocycles. The second-order valence-electron chi connectivity index (χ2n) is 8.63. The van der Waals surface area contributed by atoms with Gasteiger partial charge in [0.2, 0.25) is 0 Å². The van der Waals surface area contributed by atoms with Gasteiger partial charge in [-0.1, -0.05) is 0 Å². The van der Waals surface area contributed by atoms with Gasteiger partial charge in [-0.05, 0) is 73.7 Å². The van der Waals surface area contributed by atoms with Gasteiger partial charge in [0.05, 0.1) is 0 Å². The maximum absolute atomic E-state index is 12.1. The summed E-state index contributed by atoms with van der Waals surface area (Å²) in [6.07, 6.45) is 4.31. The molecular formula is C19H24BrN3O2. The number of fused-ring (bicyclic) bond motifs is 1. The van der Waals surface area contributed by atoms with Gasteiger partial charge in [0.25, 0.3) is 0 Å². The molecule has 1 saturated heterocycles. The summed E-state index contributed by atoms with van der Waals surface area (Å²) in [5.41, 5.74) is 0.955. The number of amides is 1. The van der Waals surface area contributed by atoms with Crippen molar-refractivity contribution in [1.82, 2.24) is 14.5 Å². The van der Waals surface area contributed by atoms with Gasteiger partial charge < -0.3 is 14.2 Å². The summed E-state index contributed by atoms with van der Waals surface area (Å²) in [4.78, 5) is 18.5. The van der Waals surface area contributed by atoms with Crippen LogP contribution in [0.1, 0.15) is 33.6 Å². The zero-order valence-corrected chi connectivity index (χ0v) is 16.5. The van der Waals surface area contributed by atoms with E-state index in [9.17, 15) is 4.79 Å². The molecule has 1 aliphatic heterocycles. The van der Waals surface area contributed by atoms with Gasteiger partial charge in [-0.15, -0.1) is 0 Å². The van der Waals surface area contributed by atoms with Crippen LogP contribution in [0.15, 0.2) is 29.0 Å². The first-order valence-electron chi connectivity index (χ1n) is 8.82. The topological polar surface area (TPSA) is 47.4 Å². The Hall–Kier alpha value is -1.56. The van der Waals surface area contributed by atoms with Gasteiger partial charge >= 0.3 is 6.09 Å². The molecule has 2 aromatic heterocycles. The summed E-state index contributed by atoms with van der Waals surface area (Å²) in [5.74, 6) is 0.664. The Morgan fingerprint density at radius 1 is 1.32 bits per heavy atom. The Labute approximate surface area is 156 Å². The Bertz CT molecular complexity index is 810. The van der Waals surface area contributed by atoms with Crippen molar-refractivity contribution in [3.8, 4) is 0 Å². The molecule has 5 nitrogen and oxygen atoms in total. The van der Waals surface area contributed by atoms with Crippen LogP contribution in [0.5, 0.6) is 0 Å². The maximum Gasteiger partial charge on any atom is 0.410 e. The lowest BCUT2D eigenvalue weighted by molar-refractivity contribution is -0.0979. The molecule has 1 aliphatic carbocycles. The zero-order chi connectivity index (χ0) is 17.8. The number of carbonyl (C=O) groups is 1. The molecule has 0 unspecified atom stereocenters. The summed E-state index contributed by atoms with van der Waals surface area (Å²) in [5, 5.41) is 1.18. The van der Waals surface area contributed by atoms with Crippen molar-refractivity contribution < 1.29 is 9.53 Å². The van der Waals surface area contributed by atoms with E-state index in [-0.39, 0.29) is 6.09 Å². The highest BCUT2D eigenvalue weighted by Gasteiger charge is 2.54. The lowest BCUT2D eigenvalue weighted by atomic mass is 9.58. The highest BCUT2D eigenvalue weighted by Crippen LogP contribution is 2.52. The summed E-state index contributed by atoms with van der Waals surface area (Å²) in [6.45, 7) is 8.42. The lowest BCUT2D eigenvalue weighted by Gasteiger charge is -2.58. The van der Waals surface area contributed by atoms with Crippen molar-refractivity contribution in [2.75, 3.05) is 13.1 Å². The maximum atomic E-state index is 12.1. The van der Waals surface area contributed by atoms with Crippen molar-refractivity contribution in [3.63, 3.8) is 0 Å². The van der Waals surface area contributed by atoms with Crippen molar-refractivity contribution in [1.29, 1.82) is 0 Å². The van der Waals surface area contributed by atoms with Crippen LogP contribution in [0.25, 0.3) is 11.0 Å². The minimum atomic E-state index is -0.418. The Balaban J connectivity index is 1.31. The number of nitrogens with zero attached hydrogens (tertiary/aromatic N) is 3. The fourth-order valence-electron chi connectivity index (χ4n) is 4.23. The average molecular weight is 406 g/mol. The van der Waals surface area contributed by atoms with Crippen molar-refractivity contribution in [3.05, 3.63) is 29.0 Å². The van der Waals surface area contributed by atoms with Gasteiger partial charge in [-0.3, -0.25) is 0 Å². The van der Waals surface area contributed by atoms with Crippen LogP contribution in [0.2, 0.25) is 0 Å². The molecular weight excluding hydrogens is 382 g/mol. The smallest absolute Gasteiger partial charge is 0.410 e. The number of aromatic nitrogens is 2. The van der Waals surface area contributed by atoms with E-state index in [0.29, 0.717) is 11.3 Å². The zero-order valence-electron chi connectivity index (χ0n) is 15.0. The number of hydrogen-bond donors (Lipinski definition) is 0. The van der Waals surface area contributed by atoms with E-state index in [1.54, 1.807) is 0 Å². The molecule has 6 heteroatoms. The van der Waals surface area contributed by atoms with Gasteiger partial charge in [0.15, 0.2) is 0 Å². The number of rotatable bonds is 2. The van der Waals surface area contributed by atoms with E-state index in [0.717, 1.165) is 29.9 Å². The Kier molecular flexibility index (Phi) is 3.87. The second kappa shape index (κ2) is 5.73. The number of likely N-dealkylation sites (tertiary alicyclic amines) is 1. The van der Waals surface area contributed by atoms with Crippen LogP contribution in [0, 0.1) is 11.3 Å². The SMILES string of the molecule is CC(C)(C)OC(=O)N1CC2(CC(Cn3ccc4ccc(Br)nc43)C2)C1. The fraction of sp³-hybridized carbons (Fsp3) is 0.579. The van der Waals surface area contributed by atoms with Crippen LogP contribution < -0.4 is 0 Å². The van der Waals surface area contributed by atoms with E-state index < -0.39 is 5.60 Å². The number of carbonyl (C=O) groups excluding carboxylic acids is 1. The average Bonchev–Trinajstić information content (AvgIpc) is 2.80. The molecule has 0 N–H and O–H groups in total. The Morgan fingerprint density at radius 3 is 2.72 bits per heavy atom. The molecule has 4 rings (SSSR count). The molecule has 3 heterocycles. The van der Waals surface area contributed by atoms with Crippen LogP contribution in [-0.4, -0.2) is 39.2 Å². The van der Waals surface area contributed by atoms with Gasteiger partial charge in [0, 0.05) is 36.6 Å². The first kappa shape index (κ1) is 16.9. The number of hydrogen-bond acceptors (Lipinski definition) is 3. The monoisotopic (exact) mass is 405 g/mol. The quantitative estimate of drug-likeness (QED) is 0.693. The first-order valence-corrected chi connectivity index (χ1v) is 9.62. The molecule has 0 atom stereocenters. The lowest BCUT2D eigenvalue weighted by Crippen LogP contribution is -2.64. The molecule has 1 spiro atoms. The number of halogens is 1. The van der Waals surface area contributed by atoms with Crippen LogP contribution in [0.3, 0.4) is 0 Å². The van der Waals surface area contributed by atoms with E-state index in [1.165, 1.54) is 18.2 Å². The van der Waals surface area contributed by atoms with Crippen molar-refractivity contribution in [2.45, 2.75) is 45.8 Å². The van der Waals surface area contributed by atoms with Crippen molar-refractivity contribution >= 4 is 33.1 Å². The second-order valence-corrected chi connectivity index (χ2v) is 9.44. The first-order chi connectivity index (χ1) is 11.7. The molecule has 2 aromatic rings. The third-order valence-corrected chi connectivity index (χ3v) is 5.62. The van der Waals surface area contributed by atoms with Crippen LogP contribution in [0.4, 0.5) is 4.79 Å². The molecule has 2 fully saturated rings. The summed E-state index contributed by atoms with van der Waals surface area (Å²) in [6, 6.07) is 6.19. The largest absolute Gasteiger partial charge is 0.444 e. The third-order valence-electron chi connectivity index (χ3n) is 5.18. The van der Waals surface area contributed by atoms with E-state index in [2.05, 4.69) is 43.8 Å². The summed E-state index contributed by atoms with van der Waals surface area (Å²) < 4.78 is 8.57.